The van der Waals surface area contributed by atoms with Gasteiger partial charge in [-0.05, 0) is 37.1 Å². The fourth-order valence-corrected chi connectivity index (χ4v) is 5.22. The number of sulfonamides is 1. The monoisotopic (exact) mass is 472 g/mol. The van der Waals surface area contributed by atoms with Gasteiger partial charge in [0, 0.05) is 44.6 Å². The average Bonchev–Trinajstić information content (AvgIpc) is 3.14. The summed E-state index contributed by atoms with van der Waals surface area (Å²) in [5, 5.41) is 3.98. The van der Waals surface area contributed by atoms with Gasteiger partial charge >= 0.3 is 0 Å². The molecule has 10 heteroatoms. The van der Waals surface area contributed by atoms with E-state index < -0.39 is 15.8 Å². The molecule has 1 aliphatic rings. The molecule has 0 atom stereocenters. The Labute approximate surface area is 192 Å². The predicted molar refractivity (Wildman–Crippen MR) is 119 cm³/mol. The summed E-state index contributed by atoms with van der Waals surface area (Å²) in [5.74, 6) is 0.484. The maximum absolute atomic E-state index is 13.1. The lowest BCUT2D eigenvalue weighted by Crippen LogP contribution is -2.37. The second-order valence-corrected chi connectivity index (χ2v) is 9.76. The molecule has 8 nitrogen and oxygen atoms in total. The van der Waals surface area contributed by atoms with Crippen molar-refractivity contribution in [2.75, 3.05) is 26.2 Å². The van der Waals surface area contributed by atoms with Gasteiger partial charge in [-0.25, -0.2) is 12.8 Å². The second kappa shape index (κ2) is 10.2. The number of carbonyl (C=O) groups excluding carboxylic acids is 1. The van der Waals surface area contributed by atoms with Gasteiger partial charge in [-0.2, -0.15) is 9.29 Å². The van der Waals surface area contributed by atoms with Gasteiger partial charge in [0.05, 0.1) is 4.90 Å². The summed E-state index contributed by atoms with van der Waals surface area (Å²) in [7, 11) is -3.72. The molecule has 0 N–H and O–H groups in total. The normalized spacial score (nSPS) is 15.4. The fraction of sp³-hybridized carbons (Fsp3) is 0.348. The molecule has 1 fully saturated rings. The summed E-state index contributed by atoms with van der Waals surface area (Å²) in [4.78, 5) is 18.8. The molecule has 0 bridgehead atoms. The van der Waals surface area contributed by atoms with Crippen LogP contribution in [0.1, 0.15) is 25.2 Å². The standard InChI is InChI=1S/C23H25FN4O4S/c24-19-10-12-20(13-11-19)33(30,31)28-15-5-14-27(16-17-28)22(29)9-4-8-21-25-23(26-32-21)18-6-2-1-3-7-18/h1-3,6-7,10-13H,4-5,8-9,14-17H2. The molecule has 0 saturated carbocycles. The minimum absolute atomic E-state index is 0.0289. The molecule has 3 aromatic rings. The number of rotatable bonds is 7. The van der Waals surface area contributed by atoms with Crippen molar-refractivity contribution in [3.8, 4) is 11.4 Å². The van der Waals surface area contributed by atoms with Crippen LogP contribution in [0.3, 0.4) is 0 Å². The van der Waals surface area contributed by atoms with Crippen molar-refractivity contribution in [3.63, 3.8) is 0 Å². The molecule has 0 spiro atoms. The number of hydrogen-bond donors (Lipinski definition) is 0. The van der Waals surface area contributed by atoms with Crippen molar-refractivity contribution in [3.05, 3.63) is 66.3 Å². The summed E-state index contributed by atoms with van der Waals surface area (Å²) in [6.07, 6.45) is 1.90. The molecule has 2 heterocycles. The van der Waals surface area contributed by atoms with Crippen LogP contribution in [0.25, 0.3) is 11.4 Å². The summed E-state index contributed by atoms with van der Waals surface area (Å²) < 4.78 is 45.5. The van der Waals surface area contributed by atoms with E-state index in [4.69, 9.17) is 4.52 Å². The first-order valence-corrected chi connectivity index (χ1v) is 12.3. The summed E-state index contributed by atoms with van der Waals surface area (Å²) >= 11 is 0. The van der Waals surface area contributed by atoms with Crippen LogP contribution in [0, 0.1) is 5.82 Å². The van der Waals surface area contributed by atoms with Crippen LogP contribution < -0.4 is 0 Å². The summed E-state index contributed by atoms with van der Waals surface area (Å²) in [6.45, 7) is 1.33. The first-order valence-electron chi connectivity index (χ1n) is 10.8. The first-order chi connectivity index (χ1) is 15.9. The number of nitrogens with zero attached hydrogens (tertiary/aromatic N) is 4. The Morgan fingerprint density at radius 1 is 1.00 bits per heavy atom. The molecular weight excluding hydrogens is 447 g/mol. The SMILES string of the molecule is O=C(CCCc1nc(-c2ccccc2)no1)N1CCCN(S(=O)(=O)c2ccc(F)cc2)CC1. The zero-order chi connectivity index (χ0) is 23.3. The van der Waals surface area contributed by atoms with Crippen molar-refractivity contribution < 1.29 is 22.1 Å². The van der Waals surface area contributed by atoms with Gasteiger partial charge in [-0.15, -0.1) is 0 Å². The highest BCUT2D eigenvalue weighted by atomic mass is 32.2. The number of amides is 1. The minimum Gasteiger partial charge on any atom is -0.341 e. The second-order valence-electron chi connectivity index (χ2n) is 7.82. The van der Waals surface area contributed by atoms with E-state index >= 15 is 0 Å². The molecule has 0 unspecified atom stereocenters. The average molecular weight is 473 g/mol. The number of halogens is 1. The maximum Gasteiger partial charge on any atom is 0.243 e. The van der Waals surface area contributed by atoms with Crippen molar-refractivity contribution >= 4 is 15.9 Å². The van der Waals surface area contributed by atoms with Crippen LogP contribution >= 0.6 is 0 Å². The van der Waals surface area contributed by atoms with Crippen molar-refractivity contribution in [1.29, 1.82) is 0 Å². The molecule has 0 aliphatic carbocycles. The lowest BCUT2D eigenvalue weighted by molar-refractivity contribution is -0.131. The Hall–Kier alpha value is -3.11. The van der Waals surface area contributed by atoms with Gasteiger partial charge in [-0.3, -0.25) is 4.79 Å². The van der Waals surface area contributed by atoms with E-state index in [2.05, 4.69) is 10.1 Å². The predicted octanol–water partition coefficient (Wildman–Crippen LogP) is 3.12. The third-order valence-electron chi connectivity index (χ3n) is 5.54. The van der Waals surface area contributed by atoms with Gasteiger partial charge in [0.15, 0.2) is 0 Å². The van der Waals surface area contributed by atoms with Gasteiger partial charge in [0.25, 0.3) is 0 Å². The highest BCUT2D eigenvalue weighted by Crippen LogP contribution is 2.19. The molecule has 1 aliphatic heterocycles. The zero-order valence-corrected chi connectivity index (χ0v) is 18.9. The number of carbonyl (C=O) groups is 1. The van der Waals surface area contributed by atoms with E-state index in [1.807, 2.05) is 30.3 Å². The first kappa shape index (κ1) is 23.1. The molecule has 1 saturated heterocycles. The van der Waals surface area contributed by atoms with Crippen LogP contribution in [-0.2, 0) is 21.2 Å². The molecular formula is C23H25FN4O4S. The van der Waals surface area contributed by atoms with Crippen LogP contribution in [0.4, 0.5) is 4.39 Å². The lowest BCUT2D eigenvalue weighted by Gasteiger charge is -2.22. The van der Waals surface area contributed by atoms with Crippen molar-refractivity contribution in [2.24, 2.45) is 0 Å². The van der Waals surface area contributed by atoms with Crippen molar-refractivity contribution in [1.82, 2.24) is 19.3 Å². The Morgan fingerprint density at radius 2 is 1.76 bits per heavy atom. The molecule has 1 aromatic heterocycles. The number of aromatic nitrogens is 2. The van der Waals surface area contributed by atoms with Crippen molar-refractivity contribution in [2.45, 2.75) is 30.6 Å². The van der Waals surface area contributed by atoms with Gasteiger partial charge in [0.1, 0.15) is 5.82 Å². The van der Waals surface area contributed by atoms with E-state index in [1.165, 1.54) is 16.4 Å². The quantitative estimate of drug-likeness (QED) is 0.524. The third kappa shape index (κ3) is 5.63. The zero-order valence-electron chi connectivity index (χ0n) is 18.1. The van der Waals surface area contributed by atoms with Gasteiger partial charge < -0.3 is 9.42 Å². The Morgan fingerprint density at radius 3 is 2.52 bits per heavy atom. The molecule has 174 valence electrons. The molecule has 1 amide bonds. The Bertz CT molecular complexity index is 1180. The Kier molecular flexibility index (Phi) is 7.14. The largest absolute Gasteiger partial charge is 0.341 e. The summed E-state index contributed by atoms with van der Waals surface area (Å²) in [6, 6.07) is 14.3. The smallest absolute Gasteiger partial charge is 0.243 e. The number of hydrogen-bond acceptors (Lipinski definition) is 6. The van der Waals surface area contributed by atoms with E-state index in [0.717, 1.165) is 17.7 Å². The highest BCUT2D eigenvalue weighted by molar-refractivity contribution is 7.89. The Balaban J connectivity index is 1.28. The molecule has 4 rings (SSSR count). The molecule has 33 heavy (non-hydrogen) atoms. The molecule has 0 radical (unpaired) electrons. The van der Waals surface area contributed by atoms with E-state index in [0.29, 0.717) is 57.0 Å². The van der Waals surface area contributed by atoms with E-state index in [-0.39, 0.29) is 17.3 Å². The summed E-state index contributed by atoms with van der Waals surface area (Å²) in [5.41, 5.74) is 0.869. The highest BCUT2D eigenvalue weighted by Gasteiger charge is 2.28. The van der Waals surface area contributed by atoms with Crippen LogP contribution in [-0.4, -0.2) is 59.8 Å². The molecule has 2 aromatic carbocycles. The van der Waals surface area contributed by atoms with Crippen LogP contribution in [0.5, 0.6) is 0 Å². The fourth-order valence-electron chi connectivity index (χ4n) is 3.75. The lowest BCUT2D eigenvalue weighted by atomic mass is 10.2. The van der Waals surface area contributed by atoms with Crippen LogP contribution in [0.15, 0.2) is 64.0 Å². The van der Waals surface area contributed by atoms with Gasteiger partial charge in [0.2, 0.25) is 27.6 Å². The number of benzene rings is 2. The number of aryl methyl sites for hydroxylation is 1. The van der Waals surface area contributed by atoms with Gasteiger partial charge in [-0.1, -0.05) is 35.5 Å². The van der Waals surface area contributed by atoms with E-state index in [9.17, 15) is 17.6 Å². The maximum atomic E-state index is 13.1. The topological polar surface area (TPSA) is 96.6 Å². The van der Waals surface area contributed by atoms with E-state index in [1.54, 1.807) is 4.90 Å². The third-order valence-corrected chi connectivity index (χ3v) is 7.45. The van der Waals surface area contributed by atoms with Crippen LogP contribution in [0.2, 0.25) is 0 Å². The minimum atomic E-state index is -3.72.